The van der Waals surface area contributed by atoms with Crippen molar-refractivity contribution in [2.24, 2.45) is 5.92 Å². The molecule has 0 radical (unpaired) electrons. The number of carbonyl (C=O) groups excluding carboxylic acids is 1. The van der Waals surface area contributed by atoms with E-state index in [0.29, 0.717) is 16.8 Å². The number of benzene rings is 1. The van der Waals surface area contributed by atoms with Crippen LogP contribution in [0.1, 0.15) is 12.8 Å². The number of likely N-dealkylation sites (tertiary alicyclic amines) is 1. The number of amides is 1. The van der Waals surface area contributed by atoms with Crippen LogP contribution in [0.5, 0.6) is 0 Å². The third-order valence-corrected chi connectivity index (χ3v) is 5.04. The zero-order valence-corrected chi connectivity index (χ0v) is 15.3. The fourth-order valence-corrected chi connectivity index (χ4v) is 3.53. The molecule has 1 aliphatic rings. The molecule has 2 heterocycles. The number of halogens is 1. The van der Waals surface area contributed by atoms with Crippen LogP contribution < -0.4 is 10.9 Å². The number of piperidine rings is 1. The predicted octanol–water partition coefficient (Wildman–Crippen LogP) is 1.62. The number of fused-ring (bicyclic) bond motifs is 1. The van der Waals surface area contributed by atoms with Crippen LogP contribution in [0, 0.1) is 5.92 Å². The van der Waals surface area contributed by atoms with E-state index in [-0.39, 0.29) is 18.0 Å². The van der Waals surface area contributed by atoms with E-state index in [9.17, 15) is 9.59 Å². The zero-order valence-electron chi connectivity index (χ0n) is 13.7. The molecule has 0 unspecified atom stereocenters. The third kappa shape index (κ3) is 3.67. The Hall–Kier alpha value is -1.73. The number of hydrogen-bond donors (Lipinski definition) is 1. The van der Waals surface area contributed by atoms with Gasteiger partial charge in [-0.15, -0.1) is 0 Å². The van der Waals surface area contributed by atoms with Gasteiger partial charge in [0.1, 0.15) is 6.54 Å². The van der Waals surface area contributed by atoms with Crippen molar-refractivity contribution in [1.29, 1.82) is 0 Å². The Morgan fingerprint density at radius 3 is 2.83 bits per heavy atom. The minimum Gasteiger partial charge on any atom is -0.341 e. The minimum atomic E-state index is -0.181. The maximum absolute atomic E-state index is 12.6. The molecule has 2 aromatic rings. The molecule has 0 atom stereocenters. The van der Waals surface area contributed by atoms with Gasteiger partial charge in [0.25, 0.3) is 5.56 Å². The molecule has 1 N–H and O–H groups in total. The van der Waals surface area contributed by atoms with E-state index in [4.69, 9.17) is 0 Å². The molecule has 7 heteroatoms. The normalized spacial score (nSPS) is 15.8. The van der Waals surface area contributed by atoms with Gasteiger partial charge in [-0.2, -0.15) is 0 Å². The lowest BCUT2D eigenvalue weighted by Gasteiger charge is -2.32. The highest BCUT2D eigenvalue weighted by molar-refractivity contribution is 9.10. The summed E-state index contributed by atoms with van der Waals surface area (Å²) < 4.78 is 2.22. The third-order valence-electron chi connectivity index (χ3n) is 4.55. The lowest BCUT2D eigenvalue weighted by Crippen LogP contribution is -2.43. The van der Waals surface area contributed by atoms with E-state index in [1.165, 1.54) is 10.9 Å². The van der Waals surface area contributed by atoms with Crippen LogP contribution >= 0.6 is 15.9 Å². The predicted molar refractivity (Wildman–Crippen MR) is 96.9 cm³/mol. The van der Waals surface area contributed by atoms with Gasteiger partial charge in [0.15, 0.2) is 0 Å². The van der Waals surface area contributed by atoms with Gasteiger partial charge in [-0.3, -0.25) is 14.2 Å². The zero-order chi connectivity index (χ0) is 17.1. The summed E-state index contributed by atoms with van der Waals surface area (Å²) >= 11 is 3.37. The molecule has 3 rings (SSSR count). The summed E-state index contributed by atoms with van der Waals surface area (Å²) in [4.78, 5) is 31.2. The summed E-state index contributed by atoms with van der Waals surface area (Å²) in [6.45, 7) is 2.55. The second kappa shape index (κ2) is 7.44. The molecule has 0 saturated carbocycles. The molecule has 1 aliphatic heterocycles. The van der Waals surface area contributed by atoms with E-state index in [2.05, 4.69) is 26.2 Å². The number of rotatable bonds is 4. The van der Waals surface area contributed by atoms with Crippen molar-refractivity contribution < 1.29 is 4.79 Å². The first kappa shape index (κ1) is 17.1. The lowest BCUT2D eigenvalue weighted by atomic mass is 9.97. The molecule has 24 heavy (non-hydrogen) atoms. The maximum atomic E-state index is 12.6. The van der Waals surface area contributed by atoms with Crippen molar-refractivity contribution in [3.63, 3.8) is 0 Å². The second-order valence-corrected chi connectivity index (χ2v) is 7.14. The molecular weight excluding hydrogens is 372 g/mol. The topological polar surface area (TPSA) is 67.2 Å². The van der Waals surface area contributed by atoms with Crippen LogP contribution in [0.15, 0.2) is 33.8 Å². The summed E-state index contributed by atoms with van der Waals surface area (Å²) in [5.41, 5.74) is 0.458. The summed E-state index contributed by atoms with van der Waals surface area (Å²) in [5.74, 6) is 0.609. The second-order valence-electron chi connectivity index (χ2n) is 6.22. The largest absolute Gasteiger partial charge is 0.341 e. The molecule has 6 nitrogen and oxygen atoms in total. The highest BCUT2D eigenvalue weighted by atomic mass is 79.9. The monoisotopic (exact) mass is 392 g/mol. The average Bonchev–Trinajstić information content (AvgIpc) is 2.59. The Morgan fingerprint density at radius 1 is 1.38 bits per heavy atom. The quantitative estimate of drug-likeness (QED) is 0.858. The Kier molecular flexibility index (Phi) is 5.30. The van der Waals surface area contributed by atoms with Gasteiger partial charge in [-0.25, -0.2) is 4.98 Å². The van der Waals surface area contributed by atoms with E-state index in [1.807, 2.05) is 18.0 Å². The van der Waals surface area contributed by atoms with Crippen LogP contribution in [0.25, 0.3) is 10.9 Å². The Bertz CT molecular complexity index is 797. The Morgan fingerprint density at radius 2 is 2.12 bits per heavy atom. The van der Waals surface area contributed by atoms with Gasteiger partial charge >= 0.3 is 0 Å². The van der Waals surface area contributed by atoms with Gasteiger partial charge in [0.05, 0.1) is 17.2 Å². The first-order valence-electron chi connectivity index (χ1n) is 8.15. The molecule has 1 aromatic carbocycles. The first-order valence-corrected chi connectivity index (χ1v) is 8.95. The van der Waals surface area contributed by atoms with Crippen LogP contribution in [0.3, 0.4) is 0 Å². The van der Waals surface area contributed by atoms with Crippen molar-refractivity contribution in [1.82, 2.24) is 19.8 Å². The summed E-state index contributed by atoms with van der Waals surface area (Å²) in [5, 5.41) is 3.71. The highest BCUT2D eigenvalue weighted by Crippen LogP contribution is 2.17. The maximum Gasteiger partial charge on any atom is 0.261 e. The standard InChI is InChI=1S/C17H21BrN4O2/c1-19-9-12-4-6-21(7-5-12)16(23)10-22-11-20-15-3-2-13(18)8-14(15)17(22)24/h2-3,8,11-12,19H,4-7,9-10H2,1H3. The van der Waals surface area contributed by atoms with Gasteiger partial charge in [-0.05, 0) is 50.6 Å². The van der Waals surface area contributed by atoms with Crippen LogP contribution in [0.4, 0.5) is 0 Å². The fraction of sp³-hybridized carbons (Fsp3) is 0.471. The fourth-order valence-electron chi connectivity index (χ4n) is 3.16. The molecule has 1 amide bonds. The molecule has 128 valence electrons. The van der Waals surface area contributed by atoms with Gasteiger partial charge in [0.2, 0.25) is 5.91 Å². The minimum absolute atomic E-state index is 0.0174. The average molecular weight is 393 g/mol. The Labute approximate surface area is 149 Å². The SMILES string of the molecule is CNCC1CCN(C(=O)Cn2cnc3ccc(Br)cc3c2=O)CC1. The number of carbonyl (C=O) groups is 1. The van der Waals surface area contributed by atoms with Crippen LogP contribution in [-0.4, -0.2) is 47.0 Å². The number of nitrogens with zero attached hydrogens (tertiary/aromatic N) is 3. The smallest absolute Gasteiger partial charge is 0.261 e. The van der Waals surface area contributed by atoms with Gasteiger partial charge in [-0.1, -0.05) is 15.9 Å². The number of aromatic nitrogens is 2. The number of nitrogens with one attached hydrogen (secondary N) is 1. The van der Waals surface area contributed by atoms with Crippen molar-refractivity contribution in [2.75, 3.05) is 26.7 Å². The molecular formula is C17H21BrN4O2. The molecule has 0 aliphatic carbocycles. The van der Waals surface area contributed by atoms with Crippen molar-refractivity contribution in [3.05, 3.63) is 39.4 Å². The van der Waals surface area contributed by atoms with E-state index < -0.39 is 0 Å². The van der Waals surface area contributed by atoms with Crippen LogP contribution in [-0.2, 0) is 11.3 Å². The molecule has 1 saturated heterocycles. The number of hydrogen-bond acceptors (Lipinski definition) is 4. The van der Waals surface area contributed by atoms with E-state index >= 15 is 0 Å². The summed E-state index contributed by atoms with van der Waals surface area (Å²) in [7, 11) is 1.95. The molecule has 0 spiro atoms. The van der Waals surface area contributed by atoms with Crippen LogP contribution in [0.2, 0.25) is 0 Å². The summed E-state index contributed by atoms with van der Waals surface area (Å²) in [6.07, 6.45) is 3.47. The van der Waals surface area contributed by atoms with Crippen molar-refractivity contribution >= 4 is 32.7 Å². The first-order chi connectivity index (χ1) is 11.6. The van der Waals surface area contributed by atoms with Crippen molar-refractivity contribution in [2.45, 2.75) is 19.4 Å². The van der Waals surface area contributed by atoms with Gasteiger partial charge in [0, 0.05) is 17.6 Å². The van der Waals surface area contributed by atoms with Crippen molar-refractivity contribution in [3.8, 4) is 0 Å². The molecule has 0 bridgehead atoms. The van der Waals surface area contributed by atoms with Gasteiger partial charge < -0.3 is 10.2 Å². The van der Waals surface area contributed by atoms with E-state index in [1.54, 1.807) is 12.1 Å². The molecule has 1 fully saturated rings. The Balaban J connectivity index is 1.72. The van der Waals surface area contributed by atoms with E-state index in [0.717, 1.165) is 36.9 Å². The highest BCUT2D eigenvalue weighted by Gasteiger charge is 2.22. The summed E-state index contributed by atoms with van der Waals surface area (Å²) in [6, 6.07) is 5.38. The molecule has 1 aromatic heterocycles. The lowest BCUT2D eigenvalue weighted by molar-refractivity contribution is -0.133.